The number of hydrogen-bond donors (Lipinski definition) is 1. The molecule has 1 heterocycles. The summed E-state index contributed by atoms with van der Waals surface area (Å²) in [5, 5.41) is 7.04. The Morgan fingerprint density at radius 3 is 2.41 bits per heavy atom. The number of benzene rings is 3. The van der Waals surface area contributed by atoms with E-state index in [-0.39, 0.29) is 0 Å². The molecule has 2 nitrogen and oxygen atoms in total. The van der Waals surface area contributed by atoms with Gasteiger partial charge < -0.3 is 5.32 Å². The van der Waals surface area contributed by atoms with Crippen LogP contribution < -0.4 is 5.32 Å². The van der Waals surface area contributed by atoms with Crippen molar-refractivity contribution < 1.29 is 0 Å². The minimum Gasteiger partial charge on any atom is -0.340 e. The highest BCUT2D eigenvalue weighted by atomic mass is 15.0. The van der Waals surface area contributed by atoms with Gasteiger partial charge in [-0.3, -0.25) is 0 Å². The van der Waals surface area contributed by atoms with Crippen molar-refractivity contribution in [2.45, 2.75) is 6.92 Å². The Labute approximate surface area is 129 Å². The van der Waals surface area contributed by atoms with Gasteiger partial charge in [-0.15, -0.1) is 0 Å². The molecule has 0 saturated carbocycles. The van der Waals surface area contributed by atoms with Crippen molar-refractivity contribution in [1.29, 1.82) is 0 Å². The molecule has 106 valence electrons. The van der Waals surface area contributed by atoms with Crippen LogP contribution in [0.2, 0.25) is 0 Å². The number of nitrogens with one attached hydrogen (secondary N) is 1. The SMILES string of the molecule is Cc1ccc(Nc2ccc3c(ccc4ccccc43)n2)cc1. The predicted molar refractivity (Wildman–Crippen MR) is 93.7 cm³/mol. The molecule has 0 saturated heterocycles. The molecule has 0 spiro atoms. The molecule has 4 rings (SSSR count). The number of aryl methyl sites for hydroxylation is 1. The van der Waals surface area contributed by atoms with Crippen LogP contribution in [-0.4, -0.2) is 4.98 Å². The maximum atomic E-state index is 4.73. The van der Waals surface area contributed by atoms with Crippen LogP contribution in [0.5, 0.6) is 0 Å². The summed E-state index contributed by atoms with van der Waals surface area (Å²) >= 11 is 0. The molecule has 0 fully saturated rings. The molecule has 0 aliphatic carbocycles. The molecule has 2 heteroatoms. The van der Waals surface area contributed by atoms with E-state index in [0.717, 1.165) is 17.0 Å². The van der Waals surface area contributed by atoms with Crippen molar-refractivity contribution in [2.75, 3.05) is 5.32 Å². The molecule has 0 unspecified atom stereocenters. The van der Waals surface area contributed by atoms with E-state index in [9.17, 15) is 0 Å². The Morgan fingerprint density at radius 1 is 0.727 bits per heavy atom. The molecule has 3 aromatic carbocycles. The number of rotatable bonds is 2. The summed E-state index contributed by atoms with van der Waals surface area (Å²) in [5.74, 6) is 0.867. The normalized spacial score (nSPS) is 11.0. The smallest absolute Gasteiger partial charge is 0.131 e. The van der Waals surface area contributed by atoms with E-state index < -0.39 is 0 Å². The molecule has 4 aromatic rings. The van der Waals surface area contributed by atoms with Gasteiger partial charge in [-0.25, -0.2) is 4.98 Å². The third-order valence-electron chi connectivity index (χ3n) is 3.92. The van der Waals surface area contributed by atoms with Crippen LogP contribution in [0.3, 0.4) is 0 Å². The Morgan fingerprint density at radius 2 is 1.55 bits per heavy atom. The maximum Gasteiger partial charge on any atom is 0.131 e. The number of pyridine rings is 1. The number of anilines is 2. The molecule has 1 N–H and O–H groups in total. The second-order valence-corrected chi connectivity index (χ2v) is 5.54. The van der Waals surface area contributed by atoms with Crippen LogP contribution in [-0.2, 0) is 0 Å². The standard InChI is InChI=1S/C20H16N2/c1-14-6-9-16(10-7-14)21-20-13-11-18-17-5-3-2-4-15(17)8-12-19(18)22-20/h2-13H,1H3,(H,21,22). The van der Waals surface area contributed by atoms with Crippen LogP contribution in [0, 0.1) is 6.92 Å². The van der Waals surface area contributed by atoms with E-state index in [0.29, 0.717) is 0 Å². The first-order chi connectivity index (χ1) is 10.8. The summed E-state index contributed by atoms with van der Waals surface area (Å²) < 4.78 is 0. The summed E-state index contributed by atoms with van der Waals surface area (Å²) in [4.78, 5) is 4.73. The summed E-state index contributed by atoms with van der Waals surface area (Å²) in [6.07, 6.45) is 0. The number of fused-ring (bicyclic) bond motifs is 3. The van der Waals surface area contributed by atoms with Gasteiger partial charge in [0.05, 0.1) is 5.52 Å². The second-order valence-electron chi connectivity index (χ2n) is 5.54. The average molecular weight is 284 g/mol. The molecule has 1 aromatic heterocycles. The highest BCUT2D eigenvalue weighted by Crippen LogP contribution is 2.26. The molecule has 22 heavy (non-hydrogen) atoms. The third kappa shape index (κ3) is 2.29. The van der Waals surface area contributed by atoms with Crippen molar-refractivity contribution in [3.63, 3.8) is 0 Å². The monoisotopic (exact) mass is 284 g/mol. The van der Waals surface area contributed by atoms with Crippen LogP contribution in [0.1, 0.15) is 5.56 Å². The van der Waals surface area contributed by atoms with Gasteiger partial charge in [-0.05, 0) is 48.0 Å². The predicted octanol–water partition coefficient (Wildman–Crippen LogP) is 5.44. The summed E-state index contributed by atoms with van der Waals surface area (Å²) in [6, 6.07) is 25.1. The van der Waals surface area contributed by atoms with E-state index in [1.807, 2.05) is 6.07 Å². The first kappa shape index (κ1) is 12.8. The van der Waals surface area contributed by atoms with Crippen molar-refractivity contribution in [3.05, 3.63) is 78.4 Å². The Hall–Kier alpha value is -2.87. The highest BCUT2D eigenvalue weighted by Gasteiger charge is 2.03. The van der Waals surface area contributed by atoms with Gasteiger partial charge in [-0.1, -0.05) is 48.0 Å². The van der Waals surface area contributed by atoms with Crippen molar-refractivity contribution in [1.82, 2.24) is 4.98 Å². The summed E-state index contributed by atoms with van der Waals surface area (Å²) in [6.45, 7) is 2.09. The Kier molecular flexibility index (Phi) is 3.01. The fourth-order valence-electron chi connectivity index (χ4n) is 2.74. The van der Waals surface area contributed by atoms with Crippen molar-refractivity contribution in [2.24, 2.45) is 0 Å². The minimum atomic E-state index is 0.867. The summed E-state index contributed by atoms with van der Waals surface area (Å²) in [5.41, 5.74) is 3.32. The van der Waals surface area contributed by atoms with Gasteiger partial charge in [0, 0.05) is 11.1 Å². The van der Waals surface area contributed by atoms with E-state index >= 15 is 0 Å². The zero-order chi connectivity index (χ0) is 14.9. The Bertz CT molecular complexity index is 956. The number of hydrogen-bond acceptors (Lipinski definition) is 2. The van der Waals surface area contributed by atoms with E-state index in [1.54, 1.807) is 0 Å². The quantitative estimate of drug-likeness (QED) is 0.496. The van der Waals surface area contributed by atoms with Gasteiger partial charge in [0.25, 0.3) is 0 Å². The van der Waals surface area contributed by atoms with Crippen LogP contribution in [0.4, 0.5) is 11.5 Å². The van der Waals surface area contributed by atoms with Crippen LogP contribution >= 0.6 is 0 Å². The first-order valence-electron chi connectivity index (χ1n) is 7.42. The largest absolute Gasteiger partial charge is 0.340 e. The zero-order valence-electron chi connectivity index (χ0n) is 12.4. The lowest BCUT2D eigenvalue weighted by Crippen LogP contribution is -1.94. The third-order valence-corrected chi connectivity index (χ3v) is 3.92. The fraction of sp³-hybridized carbons (Fsp3) is 0.0500. The zero-order valence-corrected chi connectivity index (χ0v) is 12.4. The molecular weight excluding hydrogens is 268 g/mol. The first-order valence-corrected chi connectivity index (χ1v) is 7.42. The Balaban J connectivity index is 1.77. The highest BCUT2D eigenvalue weighted by molar-refractivity contribution is 6.06. The molecule has 0 amide bonds. The lowest BCUT2D eigenvalue weighted by Gasteiger charge is -2.08. The number of aromatic nitrogens is 1. The van der Waals surface area contributed by atoms with Gasteiger partial charge in [-0.2, -0.15) is 0 Å². The van der Waals surface area contributed by atoms with Crippen molar-refractivity contribution >= 4 is 33.2 Å². The lowest BCUT2D eigenvalue weighted by atomic mass is 10.1. The molecular formula is C20H16N2. The molecule has 0 bridgehead atoms. The fourth-order valence-corrected chi connectivity index (χ4v) is 2.74. The molecule has 0 radical (unpaired) electrons. The van der Waals surface area contributed by atoms with E-state index in [4.69, 9.17) is 4.98 Å². The lowest BCUT2D eigenvalue weighted by molar-refractivity contribution is 1.37. The minimum absolute atomic E-state index is 0.867. The van der Waals surface area contributed by atoms with E-state index in [2.05, 4.69) is 79.0 Å². The van der Waals surface area contributed by atoms with E-state index in [1.165, 1.54) is 21.7 Å². The second kappa shape index (κ2) is 5.15. The van der Waals surface area contributed by atoms with Gasteiger partial charge in [0.2, 0.25) is 0 Å². The van der Waals surface area contributed by atoms with Gasteiger partial charge in [0.1, 0.15) is 5.82 Å². The topological polar surface area (TPSA) is 24.9 Å². The molecule has 0 atom stereocenters. The van der Waals surface area contributed by atoms with Gasteiger partial charge in [0.15, 0.2) is 0 Å². The number of nitrogens with zero attached hydrogens (tertiary/aromatic N) is 1. The average Bonchev–Trinajstić information content (AvgIpc) is 2.57. The van der Waals surface area contributed by atoms with Crippen LogP contribution in [0.25, 0.3) is 21.7 Å². The van der Waals surface area contributed by atoms with Crippen LogP contribution in [0.15, 0.2) is 72.8 Å². The molecule has 0 aliphatic rings. The van der Waals surface area contributed by atoms with Gasteiger partial charge >= 0.3 is 0 Å². The molecule has 0 aliphatic heterocycles. The maximum absolute atomic E-state index is 4.73. The summed E-state index contributed by atoms with van der Waals surface area (Å²) in [7, 11) is 0. The van der Waals surface area contributed by atoms with Crippen molar-refractivity contribution in [3.8, 4) is 0 Å².